The second-order valence-electron chi connectivity index (χ2n) is 4.56. The number of nitrogens with one attached hydrogen (secondary N) is 1. The van der Waals surface area contributed by atoms with E-state index in [9.17, 15) is 5.11 Å². The van der Waals surface area contributed by atoms with E-state index < -0.39 is 6.10 Å². The number of aliphatic hydroxyl groups is 1. The maximum atomic E-state index is 10.6. The summed E-state index contributed by atoms with van der Waals surface area (Å²) in [7, 11) is 1.85. The number of halogens is 2. The summed E-state index contributed by atoms with van der Waals surface area (Å²) in [6.45, 7) is 0.626. The number of aliphatic hydroxyl groups excluding tert-OH is 1. The summed E-state index contributed by atoms with van der Waals surface area (Å²) in [4.78, 5) is 3.97. The standard InChI is InChI=1S/C15H16Cl2N2O/c1-18-9-12(11-2-3-13(16)14(17)8-11)15(20)10-4-6-19-7-5-10/h2-8,12,15,18,20H,9H2,1H3. The summed E-state index contributed by atoms with van der Waals surface area (Å²) >= 11 is 12.0. The molecule has 106 valence electrons. The zero-order chi connectivity index (χ0) is 14.5. The van der Waals surface area contributed by atoms with Gasteiger partial charge in [0.15, 0.2) is 0 Å². The van der Waals surface area contributed by atoms with E-state index in [1.165, 1.54) is 0 Å². The van der Waals surface area contributed by atoms with Crippen LogP contribution in [-0.4, -0.2) is 23.7 Å². The quantitative estimate of drug-likeness (QED) is 0.889. The van der Waals surface area contributed by atoms with Crippen LogP contribution in [0.5, 0.6) is 0 Å². The molecule has 0 aliphatic carbocycles. The molecule has 5 heteroatoms. The van der Waals surface area contributed by atoms with Crippen molar-refractivity contribution in [1.29, 1.82) is 0 Å². The van der Waals surface area contributed by atoms with Crippen LogP contribution in [-0.2, 0) is 0 Å². The molecule has 0 radical (unpaired) electrons. The molecule has 1 aromatic heterocycles. The molecule has 1 aromatic carbocycles. The predicted octanol–water partition coefficient (Wildman–Crippen LogP) is 3.43. The van der Waals surface area contributed by atoms with Crippen molar-refractivity contribution in [2.24, 2.45) is 0 Å². The largest absolute Gasteiger partial charge is 0.388 e. The van der Waals surface area contributed by atoms with E-state index in [0.29, 0.717) is 16.6 Å². The van der Waals surface area contributed by atoms with Gasteiger partial charge in [0, 0.05) is 24.9 Å². The summed E-state index contributed by atoms with van der Waals surface area (Å²) in [6, 6.07) is 9.06. The van der Waals surface area contributed by atoms with E-state index in [-0.39, 0.29) is 5.92 Å². The normalized spacial score (nSPS) is 14.0. The fourth-order valence-electron chi connectivity index (χ4n) is 2.17. The lowest BCUT2D eigenvalue weighted by molar-refractivity contribution is 0.144. The molecule has 2 unspecified atom stereocenters. The Morgan fingerprint density at radius 1 is 1.10 bits per heavy atom. The van der Waals surface area contributed by atoms with Crippen LogP contribution in [0.4, 0.5) is 0 Å². The van der Waals surface area contributed by atoms with Gasteiger partial charge < -0.3 is 10.4 Å². The molecule has 0 fully saturated rings. The van der Waals surface area contributed by atoms with Gasteiger partial charge in [0.05, 0.1) is 16.1 Å². The second kappa shape index (κ2) is 7.04. The van der Waals surface area contributed by atoms with Crippen LogP contribution in [0.15, 0.2) is 42.7 Å². The molecule has 20 heavy (non-hydrogen) atoms. The lowest BCUT2D eigenvalue weighted by Gasteiger charge is -2.24. The lowest BCUT2D eigenvalue weighted by Crippen LogP contribution is -2.23. The number of nitrogens with zero attached hydrogens (tertiary/aromatic N) is 1. The SMILES string of the molecule is CNCC(c1ccc(Cl)c(Cl)c1)C(O)c1ccncc1. The van der Waals surface area contributed by atoms with Crippen LogP contribution in [0.2, 0.25) is 10.0 Å². The van der Waals surface area contributed by atoms with E-state index >= 15 is 0 Å². The van der Waals surface area contributed by atoms with Crippen molar-refractivity contribution in [3.63, 3.8) is 0 Å². The Balaban J connectivity index is 2.33. The molecular formula is C15H16Cl2N2O. The van der Waals surface area contributed by atoms with Gasteiger partial charge in [-0.1, -0.05) is 29.3 Å². The van der Waals surface area contributed by atoms with Crippen molar-refractivity contribution in [3.05, 3.63) is 63.9 Å². The van der Waals surface area contributed by atoms with Crippen molar-refractivity contribution < 1.29 is 5.11 Å². The molecular weight excluding hydrogens is 295 g/mol. The molecule has 3 nitrogen and oxygen atoms in total. The van der Waals surface area contributed by atoms with Crippen LogP contribution in [0, 0.1) is 0 Å². The van der Waals surface area contributed by atoms with Gasteiger partial charge in [0.2, 0.25) is 0 Å². The van der Waals surface area contributed by atoms with Gasteiger partial charge in [0.25, 0.3) is 0 Å². The number of hydrogen-bond donors (Lipinski definition) is 2. The number of likely N-dealkylation sites (N-methyl/N-ethyl adjacent to an activating group) is 1. The molecule has 0 spiro atoms. The smallest absolute Gasteiger partial charge is 0.0871 e. The van der Waals surface area contributed by atoms with Crippen molar-refractivity contribution in [3.8, 4) is 0 Å². The highest BCUT2D eigenvalue weighted by molar-refractivity contribution is 6.42. The molecule has 1 heterocycles. The first-order valence-corrected chi connectivity index (χ1v) is 7.06. The Morgan fingerprint density at radius 2 is 1.80 bits per heavy atom. The Morgan fingerprint density at radius 3 is 2.40 bits per heavy atom. The van der Waals surface area contributed by atoms with Crippen LogP contribution in [0.3, 0.4) is 0 Å². The number of rotatable bonds is 5. The minimum absolute atomic E-state index is 0.114. The van der Waals surface area contributed by atoms with E-state index in [4.69, 9.17) is 23.2 Å². The average Bonchev–Trinajstić information content (AvgIpc) is 2.48. The maximum Gasteiger partial charge on any atom is 0.0871 e. The summed E-state index contributed by atoms with van der Waals surface area (Å²) < 4.78 is 0. The van der Waals surface area contributed by atoms with Crippen LogP contribution in [0.25, 0.3) is 0 Å². The predicted molar refractivity (Wildman–Crippen MR) is 82.3 cm³/mol. The van der Waals surface area contributed by atoms with E-state index in [0.717, 1.165) is 11.1 Å². The molecule has 0 amide bonds. The average molecular weight is 311 g/mol. The van der Waals surface area contributed by atoms with Crippen molar-refractivity contribution >= 4 is 23.2 Å². The summed E-state index contributed by atoms with van der Waals surface area (Å²) in [5.41, 5.74) is 1.77. The van der Waals surface area contributed by atoms with Gasteiger partial charge in [-0.25, -0.2) is 0 Å². The molecule has 0 bridgehead atoms. The minimum atomic E-state index is -0.636. The molecule has 2 N–H and O–H groups in total. The van der Waals surface area contributed by atoms with Gasteiger partial charge in [-0.05, 0) is 42.4 Å². The third-order valence-electron chi connectivity index (χ3n) is 3.22. The monoisotopic (exact) mass is 310 g/mol. The Hall–Kier alpha value is -1.13. The molecule has 0 saturated carbocycles. The summed E-state index contributed by atoms with van der Waals surface area (Å²) in [5.74, 6) is -0.114. The second-order valence-corrected chi connectivity index (χ2v) is 5.38. The topological polar surface area (TPSA) is 45.1 Å². The number of aromatic nitrogens is 1. The van der Waals surface area contributed by atoms with E-state index in [2.05, 4.69) is 10.3 Å². The fraction of sp³-hybridized carbons (Fsp3) is 0.267. The minimum Gasteiger partial charge on any atom is -0.388 e. The van der Waals surface area contributed by atoms with Crippen molar-refractivity contribution in [1.82, 2.24) is 10.3 Å². The van der Waals surface area contributed by atoms with Gasteiger partial charge in [0.1, 0.15) is 0 Å². The lowest BCUT2D eigenvalue weighted by atomic mass is 9.89. The van der Waals surface area contributed by atoms with Crippen molar-refractivity contribution in [2.45, 2.75) is 12.0 Å². The zero-order valence-electron chi connectivity index (χ0n) is 11.1. The highest BCUT2D eigenvalue weighted by Gasteiger charge is 2.22. The molecule has 2 aromatic rings. The first-order chi connectivity index (χ1) is 9.63. The maximum absolute atomic E-state index is 10.6. The molecule has 0 aliphatic rings. The third kappa shape index (κ3) is 3.49. The van der Waals surface area contributed by atoms with E-state index in [1.54, 1.807) is 24.5 Å². The van der Waals surface area contributed by atoms with Crippen molar-refractivity contribution in [2.75, 3.05) is 13.6 Å². The van der Waals surface area contributed by atoms with Crippen LogP contribution >= 0.6 is 23.2 Å². The molecule has 2 rings (SSSR count). The molecule has 2 atom stereocenters. The van der Waals surface area contributed by atoms with Crippen LogP contribution in [0.1, 0.15) is 23.1 Å². The highest BCUT2D eigenvalue weighted by atomic mass is 35.5. The van der Waals surface area contributed by atoms with Gasteiger partial charge in [-0.3, -0.25) is 4.98 Å². The van der Waals surface area contributed by atoms with Gasteiger partial charge in [-0.15, -0.1) is 0 Å². The first kappa shape index (κ1) is 15.3. The van der Waals surface area contributed by atoms with Gasteiger partial charge in [-0.2, -0.15) is 0 Å². The Labute approximate surface area is 128 Å². The summed E-state index contributed by atoms with van der Waals surface area (Å²) in [6.07, 6.45) is 2.70. The van der Waals surface area contributed by atoms with Crippen LogP contribution < -0.4 is 5.32 Å². The fourth-order valence-corrected chi connectivity index (χ4v) is 2.47. The number of hydrogen-bond acceptors (Lipinski definition) is 3. The first-order valence-electron chi connectivity index (χ1n) is 6.31. The third-order valence-corrected chi connectivity index (χ3v) is 3.96. The molecule has 0 aliphatic heterocycles. The Kier molecular flexibility index (Phi) is 5.38. The highest BCUT2D eigenvalue weighted by Crippen LogP contribution is 2.33. The van der Waals surface area contributed by atoms with Gasteiger partial charge >= 0.3 is 0 Å². The number of benzene rings is 1. The summed E-state index contributed by atoms with van der Waals surface area (Å²) in [5, 5.41) is 14.7. The number of pyridine rings is 1. The Bertz CT molecular complexity index is 563. The zero-order valence-corrected chi connectivity index (χ0v) is 12.6. The van der Waals surface area contributed by atoms with E-state index in [1.807, 2.05) is 25.2 Å². The molecule has 0 saturated heterocycles.